The Labute approximate surface area is 180 Å². The van der Waals surface area contributed by atoms with Crippen molar-refractivity contribution in [3.8, 4) is 11.4 Å². The molecule has 2 saturated heterocycles. The topological polar surface area (TPSA) is 71.0 Å². The van der Waals surface area contributed by atoms with E-state index in [9.17, 15) is 9.18 Å². The smallest absolute Gasteiger partial charge is 0.257 e. The molecule has 158 valence electrons. The van der Waals surface area contributed by atoms with E-state index >= 15 is 0 Å². The quantitative estimate of drug-likeness (QED) is 0.692. The number of aryl methyl sites for hydroxylation is 1. The molecule has 7 heteroatoms. The molecule has 3 atom stereocenters. The summed E-state index contributed by atoms with van der Waals surface area (Å²) in [5.74, 6) is 0.714. The van der Waals surface area contributed by atoms with Crippen molar-refractivity contribution in [3.63, 3.8) is 0 Å². The van der Waals surface area contributed by atoms with Crippen LogP contribution in [0.3, 0.4) is 0 Å². The van der Waals surface area contributed by atoms with Gasteiger partial charge < -0.3 is 10.2 Å². The fourth-order valence-corrected chi connectivity index (χ4v) is 4.84. The van der Waals surface area contributed by atoms with Crippen molar-refractivity contribution >= 4 is 11.7 Å². The maximum absolute atomic E-state index is 14.9. The van der Waals surface area contributed by atoms with Crippen LogP contribution in [0.25, 0.3) is 11.4 Å². The molecule has 2 aromatic heterocycles. The van der Waals surface area contributed by atoms with Gasteiger partial charge in [-0.3, -0.25) is 4.79 Å². The zero-order chi connectivity index (χ0) is 21.4. The molecule has 1 saturated carbocycles. The number of piperidine rings is 2. The number of fused-ring (bicyclic) bond motifs is 3. The van der Waals surface area contributed by atoms with E-state index in [1.54, 1.807) is 30.6 Å². The Morgan fingerprint density at radius 3 is 2.68 bits per heavy atom. The van der Waals surface area contributed by atoms with Gasteiger partial charge in [-0.2, -0.15) is 0 Å². The predicted octanol–water partition coefficient (Wildman–Crippen LogP) is 4.09. The van der Waals surface area contributed by atoms with Crippen LogP contribution in [0.4, 0.5) is 10.2 Å². The molecule has 2 aliphatic heterocycles. The highest BCUT2D eigenvalue weighted by Crippen LogP contribution is 2.38. The van der Waals surface area contributed by atoms with Crippen molar-refractivity contribution in [3.05, 3.63) is 71.9 Å². The average Bonchev–Trinajstić information content (AvgIpc) is 2.81. The lowest BCUT2D eigenvalue weighted by atomic mass is 9.76. The maximum atomic E-state index is 14.9. The Kier molecular flexibility index (Phi) is 5.10. The molecule has 6 rings (SSSR count). The molecule has 0 spiro atoms. The summed E-state index contributed by atoms with van der Waals surface area (Å²) < 4.78 is 14.9. The lowest BCUT2D eigenvalue weighted by molar-refractivity contribution is 0.0278. The van der Waals surface area contributed by atoms with E-state index in [-0.39, 0.29) is 23.6 Å². The molecular weight excluding hydrogens is 393 g/mol. The number of hydrogen-bond donors (Lipinski definition) is 1. The number of amides is 1. The van der Waals surface area contributed by atoms with E-state index < -0.39 is 5.82 Å². The first-order chi connectivity index (χ1) is 15.1. The standard InChI is InChI=1S/C24H24FN5O/c1-15-6-9-21(28-13-15)29-19-12-16-7-8-20(19)30(14-16)24(31)22-17(4-2-5-18(22)25)23-26-10-3-11-27-23/h2-6,9-11,13,16,19-20H,7-8,12,14H2,1H3,(H,28,29)/t16?,19-,20+/m1/s1. The van der Waals surface area contributed by atoms with Crippen LogP contribution in [0, 0.1) is 18.7 Å². The summed E-state index contributed by atoms with van der Waals surface area (Å²) in [6.45, 7) is 2.65. The number of benzene rings is 1. The Morgan fingerprint density at radius 1 is 1.10 bits per heavy atom. The number of aromatic nitrogens is 3. The SMILES string of the molecule is Cc1ccc(N[C@@H]2CC3CC[C@@H]2N(C(=O)c2c(F)cccc2-c2ncccn2)C3)nc1. The van der Waals surface area contributed by atoms with Gasteiger partial charge in [0.25, 0.3) is 5.91 Å². The van der Waals surface area contributed by atoms with Crippen LogP contribution in [0.15, 0.2) is 55.0 Å². The molecule has 1 amide bonds. The minimum absolute atomic E-state index is 0.00949. The van der Waals surface area contributed by atoms with Crippen LogP contribution < -0.4 is 5.32 Å². The minimum Gasteiger partial charge on any atom is -0.365 e. The summed E-state index contributed by atoms with van der Waals surface area (Å²) in [4.78, 5) is 28.4. The fourth-order valence-electron chi connectivity index (χ4n) is 4.84. The molecular formula is C24H24FN5O. The normalized spacial score (nSPS) is 22.4. The number of nitrogens with zero attached hydrogens (tertiary/aromatic N) is 4. The molecule has 6 nitrogen and oxygen atoms in total. The van der Waals surface area contributed by atoms with Gasteiger partial charge in [-0.25, -0.2) is 19.3 Å². The van der Waals surface area contributed by atoms with Gasteiger partial charge >= 0.3 is 0 Å². The Morgan fingerprint density at radius 2 is 1.94 bits per heavy atom. The molecule has 1 aromatic carbocycles. The highest BCUT2D eigenvalue weighted by molar-refractivity contribution is 6.00. The van der Waals surface area contributed by atoms with Gasteiger partial charge in [0.15, 0.2) is 5.82 Å². The molecule has 4 heterocycles. The number of hydrogen-bond acceptors (Lipinski definition) is 5. The number of carbonyl (C=O) groups is 1. The summed E-state index contributed by atoms with van der Waals surface area (Å²) in [5.41, 5.74) is 1.58. The zero-order valence-corrected chi connectivity index (χ0v) is 17.3. The number of rotatable bonds is 4. The maximum Gasteiger partial charge on any atom is 0.257 e. The van der Waals surface area contributed by atoms with Crippen molar-refractivity contribution in [2.24, 2.45) is 5.92 Å². The zero-order valence-electron chi connectivity index (χ0n) is 17.3. The Bertz CT molecular complexity index is 1090. The highest BCUT2D eigenvalue weighted by Gasteiger charge is 2.44. The second kappa shape index (κ2) is 8.06. The molecule has 3 fully saturated rings. The van der Waals surface area contributed by atoms with E-state index in [1.165, 1.54) is 6.07 Å². The molecule has 3 aromatic rings. The summed E-state index contributed by atoms with van der Waals surface area (Å²) in [7, 11) is 0. The lowest BCUT2D eigenvalue weighted by Crippen LogP contribution is -2.60. The fraction of sp³-hybridized carbons (Fsp3) is 0.333. The van der Waals surface area contributed by atoms with E-state index in [4.69, 9.17) is 0 Å². The monoisotopic (exact) mass is 417 g/mol. The van der Waals surface area contributed by atoms with Crippen LogP contribution in [0.1, 0.15) is 35.2 Å². The Hall–Kier alpha value is -3.35. The van der Waals surface area contributed by atoms with Gasteiger partial charge in [-0.05, 0) is 55.9 Å². The van der Waals surface area contributed by atoms with Gasteiger partial charge in [0.2, 0.25) is 0 Å². The van der Waals surface area contributed by atoms with Gasteiger partial charge in [0.05, 0.1) is 11.6 Å². The van der Waals surface area contributed by atoms with Gasteiger partial charge in [-0.1, -0.05) is 18.2 Å². The first-order valence-electron chi connectivity index (χ1n) is 10.7. The Balaban J connectivity index is 1.45. The van der Waals surface area contributed by atoms with E-state index in [1.807, 2.05) is 30.2 Å². The highest BCUT2D eigenvalue weighted by atomic mass is 19.1. The third-order valence-corrected chi connectivity index (χ3v) is 6.32. The largest absolute Gasteiger partial charge is 0.365 e. The van der Waals surface area contributed by atoms with E-state index in [0.717, 1.165) is 30.6 Å². The number of anilines is 1. The van der Waals surface area contributed by atoms with Crippen molar-refractivity contribution < 1.29 is 9.18 Å². The van der Waals surface area contributed by atoms with Gasteiger partial charge in [0, 0.05) is 36.7 Å². The predicted molar refractivity (Wildman–Crippen MR) is 116 cm³/mol. The molecule has 3 aliphatic rings. The molecule has 2 bridgehead atoms. The van der Waals surface area contributed by atoms with Crippen molar-refractivity contribution in [2.45, 2.75) is 38.3 Å². The van der Waals surface area contributed by atoms with Gasteiger partial charge in [-0.15, -0.1) is 0 Å². The van der Waals surface area contributed by atoms with Crippen molar-refractivity contribution in [1.82, 2.24) is 19.9 Å². The summed E-state index contributed by atoms with van der Waals surface area (Å²) in [5, 5.41) is 3.51. The van der Waals surface area contributed by atoms with Crippen molar-refractivity contribution in [2.75, 3.05) is 11.9 Å². The minimum atomic E-state index is -0.541. The number of halogens is 1. The molecule has 31 heavy (non-hydrogen) atoms. The van der Waals surface area contributed by atoms with Crippen LogP contribution in [0.2, 0.25) is 0 Å². The summed E-state index contributed by atoms with van der Waals surface area (Å²) in [6.07, 6.45) is 7.98. The number of nitrogens with one attached hydrogen (secondary N) is 1. The van der Waals surface area contributed by atoms with Crippen LogP contribution in [0.5, 0.6) is 0 Å². The third-order valence-electron chi connectivity index (χ3n) is 6.32. The lowest BCUT2D eigenvalue weighted by Gasteiger charge is -2.50. The van der Waals surface area contributed by atoms with Gasteiger partial charge in [0.1, 0.15) is 11.6 Å². The van der Waals surface area contributed by atoms with E-state index in [0.29, 0.717) is 23.9 Å². The molecule has 1 aliphatic carbocycles. The van der Waals surface area contributed by atoms with Crippen LogP contribution >= 0.6 is 0 Å². The second-order valence-corrected chi connectivity index (χ2v) is 8.41. The average molecular weight is 417 g/mol. The third kappa shape index (κ3) is 3.76. The molecule has 1 N–H and O–H groups in total. The second-order valence-electron chi connectivity index (χ2n) is 8.41. The first kappa shape index (κ1) is 19.6. The molecule has 1 unspecified atom stereocenters. The number of pyridine rings is 1. The summed E-state index contributed by atoms with van der Waals surface area (Å²) in [6, 6.07) is 10.4. The molecule has 0 radical (unpaired) electrons. The number of carbonyl (C=O) groups excluding carboxylic acids is 1. The van der Waals surface area contributed by atoms with Crippen LogP contribution in [-0.4, -0.2) is 44.4 Å². The first-order valence-corrected chi connectivity index (χ1v) is 10.7. The van der Waals surface area contributed by atoms with Crippen LogP contribution in [-0.2, 0) is 0 Å². The van der Waals surface area contributed by atoms with Crippen molar-refractivity contribution in [1.29, 1.82) is 0 Å². The van der Waals surface area contributed by atoms with E-state index in [2.05, 4.69) is 20.3 Å². The summed E-state index contributed by atoms with van der Waals surface area (Å²) >= 11 is 0.